The summed E-state index contributed by atoms with van der Waals surface area (Å²) < 4.78 is 23.5. The Morgan fingerprint density at radius 3 is 2.54 bits per heavy atom. The Balaban J connectivity index is 1.81. The highest BCUT2D eigenvalue weighted by atomic mass is 32.1. The van der Waals surface area contributed by atoms with Gasteiger partial charge in [-0.3, -0.25) is 9.47 Å². The van der Waals surface area contributed by atoms with Crippen LogP contribution in [-0.4, -0.2) is 45.6 Å². The van der Waals surface area contributed by atoms with E-state index >= 15 is 0 Å². The fraction of sp³-hybridized carbons (Fsp3) is 0.263. The Morgan fingerprint density at radius 2 is 1.81 bits per heavy atom. The number of halogens is 1. The van der Waals surface area contributed by atoms with Crippen molar-refractivity contribution in [1.29, 1.82) is 0 Å². The smallest absolute Gasteiger partial charge is 0.204 e. The average Bonchev–Trinajstić information content (AvgIpc) is 3.00. The van der Waals surface area contributed by atoms with Gasteiger partial charge < -0.3 is 4.74 Å². The summed E-state index contributed by atoms with van der Waals surface area (Å²) in [7, 11) is 0. The van der Waals surface area contributed by atoms with Crippen molar-refractivity contribution < 1.29 is 9.13 Å². The number of hydrogen-bond donors (Lipinski definition) is 0. The first-order valence-electron chi connectivity index (χ1n) is 8.54. The molecule has 0 amide bonds. The molecule has 1 fully saturated rings. The van der Waals surface area contributed by atoms with Crippen LogP contribution in [0.25, 0.3) is 17.1 Å². The molecule has 134 valence electrons. The molecule has 0 saturated carbocycles. The lowest BCUT2D eigenvalue weighted by Gasteiger charge is -2.26. The molecule has 0 radical (unpaired) electrons. The van der Waals surface area contributed by atoms with Gasteiger partial charge in [0.15, 0.2) is 5.82 Å². The maximum atomic E-state index is 13.8. The summed E-state index contributed by atoms with van der Waals surface area (Å²) in [5.41, 5.74) is 1.60. The van der Waals surface area contributed by atoms with Gasteiger partial charge in [0.1, 0.15) is 5.82 Å². The molecule has 1 aliphatic rings. The quantitative estimate of drug-likeness (QED) is 0.659. The third-order valence-electron chi connectivity index (χ3n) is 4.37. The second-order valence-electron chi connectivity index (χ2n) is 6.16. The van der Waals surface area contributed by atoms with Crippen LogP contribution in [0.3, 0.4) is 0 Å². The van der Waals surface area contributed by atoms with Crippen molar-refractivity contribution in [3.05, 3.63) is 65.2 Å². The lowest BCUT2D eigenvalue weighted by atomic mass is 10.2. The molecule has 1 aromatic heterocycles. The largest absolute Gasteiger partial charge is 0.379 e. The SMILES string of the molecule is Fc1cccc(-c2nn(CN3CCOCC3)c(=S)n2-c2ccccc2)c1. The third kappa shape index (κ3) is 3.46. The number of aromatic nitrogens is 3. The number of nitrogens with zero attached hydrogens (tertiary/aromatic N) is 4. The van der Waals surface area contributed by atoms with E-state index < -0.39 is 0 Å². The van der Waals surface area contributed by atoms with E-state index in [0.29, 0.717) is 36.0 Å². The maximum Gasteiger partial charge on any atom is 0.204 e. The van der Waals surface area contributed by atoms with Gasteiger partial charge in [-0.2, -0.15) is 0 Å². The highest BCUT2D eigenvalue weighted by Crippen LogP contribution is 2.23. The standard InChI is InChI=1S/C19H19FN4OS/c20-16-6-4-5-15(13-16)18-21-23(14-22-9-11-25-12-10-22)19(26)24(18)17-7-2-1-3-8-17/h1-8,13H,9-12,14H2. The van der Waals surface area contributed by atoms with Crippen LogP contribution in [0.1, 0.15) is 0 Å². The predicted molar refractivity (Wildman–Crippen MR) is 100 cm³/mol. The van der Waals surface area contributed by atoms with Crippen LogP contribution in [-0.2, 0) is 11.4 Å². The first-order valence-corrected chi connectivity index (χ1v) is 8.94. The summed E-state index contributed by atoms with van der Waals surface area (Å²) >= 11 is 5.71. The van der Waals surface area contributed by atoms with Crippen LogP contribution in [0, 0.1) is 10.6 Å². The number of morpholine rings is 1. The van der Waals surface area contributed by atoms with E-state index in [1.807, 2.05) is 41.0 Å². The molecular weight excluding hydrogens is 351 g/mol. The molecule has 26 heavy (non-hydrogen) atoms. The molecule has 4 rings (SSSR count). The summed E-state index contributed by atoms with van der Waals surface area (Å²) in [5.74, 6) is 0.338. The highest BCUT2D eigenvalue weighted by molar-refractivity contribution is 7.71. The first kappa shape index (κ1) is 17.1. The van der Waals surface area contributed by atoms with Crippen LogP contribution in [0.4, 0.5) is 4.39 Å². The summed E-state index contributed by atoms with van der Waals surface area (Å²) in [5, 5.41) is 4.72. The molecule has 0 N–H and O–H groups in total. The van der Waals surface area contributed by atoms with Gasteiger partial charge in [0.25, 0.3) is 0 Å². The monoisotopic (exact) mass is 370 g/mol. The minimum atomic E-state index is -0.296. The predicted octanol–water partition coefficient (Wildman–Crippen LogP) is 3.50. The minimum absolute atomic E-state index is 0.296. The fourth-order valence-electron chi connectivity index (χ4n) is 3.06. The van der Waals surface area contributed by atoms with Crippen LogP contribution < -0.4 is 0 Å². The molecular formula is C19H19FN4OS. The van der Waals surface area contributed by atoms with E-state index in [0.717, 1.165) is 18.8 Å². The molecule has 0 bridgehead atoms. The molecule has 1 saturated heterocycles. The first-order chi connectivity index (χ1) is 12.7. The third-order valence-corrected chi connectivity index (χ3v) is 4.77. The Morgan fingerprint density at radius 1 is 1.04 bits per heavy atom. The number of para-hydroxylation sites is 1. The summed E-state index contributed by atoms with van der Waals surface area (Å²) in [4.78, 5) is 2.25. The Labute approximate surface area is 156 Å². The number of ether oxygens (including phenoxy) is 1. The van der Waals surface area contributed by atoms with Gasteiger partial charge in [-0.1, -0.05) is 30.3 Å². The van der Waals surface area contributed by atoms with Gasteiger partial charge >= 0.3 is 0 Å². The molecule has 1 aliphatic heterocycles. The number of hydrogen-bond acceptors (Lipinski definition) is 4. The topological polar surface area (TPSA) is 35.2 Å². The van der Waals surface area contributed by atoms with Crippen molar-refractivity contribution in [1.82, 2.24) is 19.2 Å². The van der Waals surface area contributed by atoms with Crippen molar-refractivity contribution >= 4 is 12.2 Å². The summed E-state index contributed by atoms with van der Waals surface area (Å²) in [6.45, 7) is 3.70. The Bertz CT molecular complexity index is 948. The molecule has 0 aliphatic carbocycles. The number of rotatable bonds is 4. The Kier molecular flexibility index (Phi) is 4.92. The molecule has 0 atom stereocenters. The second-order valence-corrected chi connectivity index (χ2v) is 6.52. The normalized spacial score (nSPS) is 15.3. The zero-order valence-electron chi connectivity index (χ0n) is 14.2. The van der Waals surface area contributed by atoms with E-state index in [4.69, 9.17) is 22.1 Å². The molecule has 2 aromatic carbocycles. The average molecular weight is 370 g/mol. The zero-order valence-corrected chi connectivity index (χ0v) is 15.0. The maximum absolute atomic E-state index is 13.8. The van der Waals surface area contributed by atoms with Gasteiger partial charge in [-0.15, -0.1) is 5.10 Å². The van der Waals surface area contributed by atoms with E-state index in [9.17, 15) is 4.39 Å². The second kappa shape index (κ2) is 7.49. The molecule has 3 aromatic rings. The van der Waals surface area contributed by atoms with Crippen molar-refractivity contribution in [2.24, 2.45) is 0 Å². The lowest BCUT2D eigenvalue weighted by Crippen LogP contribution is -2.37. The molecule has 0 spiro atoms. The zero-order chi connectivity index (χ0) is 17.9. The van der Waals surface area contributed by atoms with Crippen molar-refractivity contribution in [3.8, 4) is 17.1 Å². The van der Waals surface area contributed by atoms with Crippen LogP contribution in [0.15, 0.2) is 54.6 Å². The van der Waals surface area contributed by atoms with Gasteiger partial charge in [0.2, 0.25) is 4.77 Å². The molecule has 0 unspecified atom stereocenters. The molecule has 7 heteroatoms. The van der Waals surface area contributed by atoms with Crippen molar-refractivity contribution in [2.45, 2.75) is 6.67 Å². The van der Waals surface area contributed by atoms with Crippen molar-refractivity contribution in [2.75, 3.05) is 26.3 Å². The van der Waals surface area contributed by atoms with Gasteiger partial charge in [0, 0.05) is 24.3 Å². The minimum Gasteiger partial charge on any atom is -0.379 e. The van der Waals surface area contributed by atoms with Gasteiger partial charge in [-0.25, -0.2) is 9.07 Å². The van der Waals surface area contributed by atoms with E-state index in [-0.39, 0.29) is 5.82 Å². The van der Waals surface area contributed by atoms with E-state index in [1.54, 1.807) is 10.7 Å². The molecule has 2 heterocycles. The lowest BCUT2D eigenvalue weighted by molar-refractivity contribution is 0.0210. The van der Waals surface area contributed by atoms with Crippen LogP contribution in [0.2, 0.25) is 0 Å². The van der Waals surface area contributed by atoms with Crippen molar-refractivity contribution in [3.63, 3.8) is 0 Å². The van der Waals surface area contributed by atoms with Gasteiger partial charge in [-0.05, 0) is 36.5 Å². The summed E-state index contributed by atoms with van der Waals surface area (Å²) in [6, 6.07) is 16.2. The molecule has 5 nitrogen and oxygen atoms in total. The summed E-state index contributed by atoms with van der Waals surface area (Å²) in [6.07, 6.45) is 0. The van der Waals surface area contributed by atoms with Crippen LogP contribution >= 0.6 is 12.2 Å². The Hall–Kier alpha value is -2.35. The van der Waals surface area contributed by atoms with Crippen LogP contribution in [0.5, 0.6) is 0 Å². The van der Waals surface area contributed by atoms with Gasteiger partial charge in [0.05, 0.1) is 19.9 Å². The highest BCUT2D eigenvalue weighted by Gasteiger charge is 2.18. The fourth-order valence-corrected chi connectivity index (χ4v) is 3.35. The van der Waals surface area contributed by atoms with E-state index in [2.05, 4.69) is 4.90 Å². The number of benzene rings is 2. The van der Waals surface area contributed by atoms with E-state index in [1.165, 1.54) is 12.1 Å².